The third-order valence-electron chi connectivity index (χ3n) is 3.86. The molecule has 0 bridgehead atoms. The second-order valence-corrected chi connectivity index (χ2v) is 6.60. The fraction of sp³-hybridized carbons (Fsp3) is 0.529. The minimum Gasteiger partial charge on any atom is -0.481 e. The number of amides is 2. The van der Waals surface area contributed by atoms with Gasteiger partial charge in [0.2, 0.25) is 0 Å². The molecule has 1 fully saturated rings. The molecule has 0 spiro atoms. The molecule has 1 aliphatic heterocycles. The van der Waals surface area contributed by atoms with Crippen LogP contribution in [0.4, 0.5) is 4.79 Å². The summed E-state index contributed by atoms with van der Waals surface area (Å²) in [5.74, 6) is 0.505. The van der Waals surface area contributed by atoms with E-state index in [2.05, 4.69) is 21.2 Å². The first-order chi connectivity index (χ1) is 11.5. The molecule has 132 valence electrons. The Morgan fingerprint density at radius 1 is 1.29 bits per heavy atom. The van der Waals surface area contributed by atoms with E-state index in [-0.39, 0.29) is 18.0 Å². The maximum absolute atomic E-state index is 12.2. The van der Waals surface area contributed by atoms with E-state index < -0.39 is 6.10 Å². The average molecular weight is 399 g/mol. The van der Waals surface area contributed by atoms with Crippen molar-refractivity contribution in [2.45, 2.75) is 38.8 Å². The Morgan fingerprint density at radius 3 is 2.50 bits per heavy atom. The van der Waals surface area contributed by atoms with E-state index in [1.54, 1.807) is 18.7 Å². The lowest BCUT2D eigenvalue weighted by Gasteiger charge is -2.32. The summed E-state index contributed by atoms with van der Waals surface area (Å²) in [7, 11) is 0. The van der Waals surface area contributed by atoms with Crippen molar-refractivity contribution in [3.8, 4) is 5.75 Å². The van der Waals surface area contributed by atoms with Gasteiger partial charge in [-0.3, -0.25) is 4.79 Å². The van der Waals surface area contributed by atoms with E-state index >= 15 is 0 Å². The van der Waals surface area contributed by atoms with E-state index in [1.165, 1.54) is 0 Å². The number of likely N-dealkylation sites (tertiary alicyclic amines) is 1. The topological polar surface area (TPSA) is 67.9 Å². The summed E-state index contributed by atoms with van der Waals surface area (Å²) >= 11 is 3.36. The van der Waals surface area contributed by atoms with Gasteiger partial charge < -0.3 is 19.7 Å². The molecule has 1 aliphatic rings. The number of carbonyl (C=O) groups is 2. The molecule has 2 amide bonds. The van der Waals surface area contributed by atoms with Crippen molar-refractivity contribution < 1.29 is 19.1 Å². The summed E-state index contributed by atoms with van der Waals surface area (Å²) in [6, 6.07) is 7.41. The van der Waals surface area contributed by atoms with Crippen LogP contribution in [-0.4, -0.2) is 48.7 Å². The van der Waals surface area contributed by atoms with Gasteiger partial charge in [-0.1, -0.05) is 15.9 Å². The molecular weight excluding hydrogens is 376 g/mol. The Bertz CT molecular complexity index is 556. The highest BCUT2D eigenvalue weighted by Gasteiger charge is 2.26. The number of rotatable bonds is 5. The number of hydrogen-bond donors (Lipinski definition) is 1. The molecule has 24 heavy (non-hydrogen) atoms. The van der Waals surface area contributed by atoms with Crippen LogP contribution in [0.5, 0.6) is 5.75 Å². The Hall–Kier alpha value is -1.76. The quantitative estimate of drug-likeness (QED) is 0.827. The molecule has 0 saturated carbocycles. The van der Waals surface area contributed by atoms with Gasteiger partial charge in [0.25, 0.3) is 5.91 Å². The van der Waals surface area contributed by atoms with Gasteiger partial charge in [0.05, 0.1) is 6.61 Å². The Morgan fingerprint density at radius 2 is 1.92 bits per heavy atom. The molecule has 0 aromatic heterocycles. The summed E-state index contributed by atoms with van der Waals surface area (Å²) in [4.78, 5) is 25.6. The van der Waals surface area contributed by atoms with Gasteiger partial charge in [-0.2, -0.15) is 0 Å². The van der Waals surface area contributed by atoms with Crippen LogP contribution in [0.2, 0.25) is 0 Å². The number of halogens is 1. The summed E-state index contributed by atoms with van der Waals surface area (Å²) < 4.78 is 11.6. The second-order valence-electron chi connectivity index (χ2n) is 5.68. The van der Waals surface area contributed by atoms with Crippen molar-refractivity contribution in [1.82, 2.24) is 10.2 Å². The fourth-order valence-electron chi connectivity index (χ4n) is 2.51. The maximum Gasteiger partial charge on any atom is 0.409 e. The highest BCUT2D eigenvalue weighted by atomic mass is 79.9. The lowest BCUT2D eigenvalue weighted by atomic mass is 10.1. The third-order valence-corrected chi connectivity index (χ3v) is 4.39. The number of nitrogens with one attached hydrogen (secondary N) is 1. The Balaban J connectivity index is 1.76. The van der Waals surface area contributed by atoms with E-state index in [9.17, 15) is 9.59 Å². The van der Waals surface area contributed by atoms with Crippen LogP contribution in [-0.2, 0) is 9.53 Å². The molecule has 1 unspecified atom stereocenters. The monoisotopic (exact) mass is 398 g/mol. The molecule has 1 atom stereocenters. The summed E-state index contributed by atoms with van der Waals surface area (Å²) in [6.45, 7) is 5.07. The van der Waals surface area contributed by atoms with Crippen LogP contribution in [0.15, 0.2) is 28.7 Å². The molecule has 7 heteroatoms. The zero-order chi connectivity index (χ0) is 17.5. The number of nitrogens with zero attached hydrogens (tertiary/aromatic N) is 1. The predicted molar refractivity (Wildman–Crippen MR) is 94.0 cm³/mol. The summed E-state index contributed by atoms with van der Waals surface area (Å²) in [6.07, 6.45) is 0.578. The van der Waals surface area contributed by atoms with Gasteiger partial charge in [-0.25, -0.2) is 4.79 Å². The number of piperidine rings is 1. The van der Waals surface area contributed by atoms with E-state index in [1.807, 2.05) is 24.3 Å². The van der Waals surface area contributed by atoms with Crippen molar-refractivity contribution in [2.75, 3.05) is 19.7 Å². The number of ether oxygens (including phenoxy) is 2. The third kappa shape index (κ3) is 5.40. The van der Waals surface area contributed by atoms with E-state index in [4.69, 9.17) is 9.47 Å². The highest BCUT2D eigenvalue weighted by Crippen LogP contribution is 2.18. The smallest absolute Gasteiger partial charge is 0.409 e. The lowest BCUT2D eigenvalue weighted by Crippen LogP contribution is -2.49. The summed E-state index contributed by atoms with van der Waals surface area (Å²) in [5, 5.41) is 2.99. The molecule has 6 nitrogen and oxygen atoms in total. The van der Waals surface area contributed by atoms with Crippen LogP contribution in [0.25, 0.3) is 0 Å². The van der Waals surface area contributed by atoms with Crippen molar-refractivity contribution in [2.24, 2.45) is 0 Å². The number of benzene rings is 1. The normalized spacial score (nSPS) is 16.4. The second kappa shape index (κ2) is 8.92. The minimum atomic E-state index is -0.575. The Kier molecular flexibility index (Phi) is 6.90. The van der Waals surface area contributed by atoms with Gasteiger partial charge in [-0.05, 0) is 51.0 Å². The first kappa shape index (κ1) is 18.6. The maximum atomic E-state index is 12.2. The molecule has 1 heterocycles. The zero-order valence-corrected chi connectivity index (χ0v) is 15.5. The fourth-order valence-corrected chi connectivity index (χ4v) is 2.77. The van der Waals surface area contributed by atoms with Gasteiger partial charge in [0, 0.05) is 23.6 Å². The van der Waals surface area contributed by atoms with Crippen molar-refractivity contribution >= 4 is 27.9 Å². The van der Waals surface area contributed by atoms with Crippen LogP contribution in [0.3, 0.4) is 0 Å². The first-order valence-corrected chi connectivity index (χ1v) is 8.93. The number of hydrogen-bond acceptors (Lipinski definition) is 4. The van der Waals surface area contributed by atoms with E-state index in [0.29, 0.717) is 25.4 Å². The highest BCUT2D eigenvalue weighted by molar-refractivity contribution is 9.10. The average Bonchev–Trinajstić information content (AvgIpc) is 2.57. The van der Waals surface area contributed by atoms with Gasteiger partial charge in [0.15, 0.2) is 6.10 Å². The lowest BCUT2D eigenvalue weighted by molar-refractivity contribution is -0.128. The van der Waals surface area contributed by atoms with Crippen molar-refractivity contribution in [3.05, 3.63) is 28.7 Å². The molecule has 1 aromatic rings. The van der Waals surface area contributed by atoms with Crippen molar-refractivity contribution in [1.29, 1.82) is 0 Å². The molecule has 1 aromatic carbocycles. The first-order valence-electron chi connectivity index (χ1n) is 8.14. The van der Waals surface area contributed by atoms with Crippen LogP contribution >= 0.6 is 15.9 Å². The standard InChI is InChI=1S/C17H23BrN2O4/c1-3-23-17(22)20-10-8-14(9-11-20)19-16(21)12(2)24-15-6-4-13(18)5-7-15/h4-7,12,14H,3,8-11H2,1-2H3,(H,19,21). The minimum absolute atomic E-state index is 0.0548. The SMILES string of the molecule is CCOC(=O)N1CCC(NC(=O)C(C)Oc2ccc(Br)cc2)CC1. The summed E-state index contributed by atoms with van der Waals surface area (Å²) in [5.41, 5.74) is 0. The van der Waals surface area contributed by atoms with Crippen molar-refractivity contribution in [3.63, 3.8) is 0 Å². The van der Waals surface area contributed by atoms with Crippen LogP contribution in [0, 0.1) is 0 Å². The van der Waals surface area contributed by atoms with Crippen LogP contribution in [0.1, 0.15) is 26.7 Å². The van der Waals surface area contributed by atoms with Gasteiger partial charge >= 0.3 is 6.09 Å². The largest absolute Gasteiger partial charge is 0.481 e. The van der Waals surface area contributed by atoms with Crippen LogP contribution < -0.4 is 10.1 Å². The molecule has 0 aliphatic carbocycles. The zero-order valence-electron chi connectivity index (χ0n) is 14.0. The molecule has 0 radical (unpaired) electrons. The molecule has 1 N–H and O–H groups in total. The van der Waals surface area contributed by atoms with Gasteiger partial charge in [0.1, 0.15) is 5.75 Å². The predicted octanol–water partition coefficient (Wildman–Crippen LogP) is 2.95. The Labute approximate surface area is 150 Å². The number of carbonyl (C=O) groups excluding carboxylic acids is 2. The molecule has 1 saturated heterocycles. The van der Waals surface area contributed by atoms with E-state index in [0.717, 1.165) is 17.3 Å². The molecule has 2 rings (SSSR count). The molecular formula is C17H23BrN2O4. The van der Waals surface area contributed by atoms with Gasteiger partial charge in [-0.15, -0.1) is 0 Å².